The number of piperidine rings is 1. The van der Waals surface area contributed by atoms with Gasteiger partial charge in [0.05, 0.1) is 0 Å². The van der Waals surface area contributed by atoms with Crippen LogP contribution in [0.5, 0.6) is 0 Å². The Bertz CT molecular complexity index is 491. The average Bonchev–Trinajstić information content (AvgIpc) is 2.89. The summed E-state index contributed by atoms with van der Waals surface area (Å²) in [5.41, 5.74) is 0.897. The van der Waals surface area contributed by atoms with Crippen LogP contribution in [-0.4, -0.2) is 28.2 Å². The van der Waals surface area contributed by atoms with E-state index < -0.39 is 0 Å². The number of hydrogen-bond acceptors (Lipinski definition) is 5. The molecule has 0 aliphatic carbocycles. The molecule has 0 amide bonds. The van der Waals surface area contributed by atoms with E-state index in [4.69, 9.17) is 4.52 Å². The fourth-order valence-corrected chi connectivity index (χ4v) is 2.30. The highest BCUT2D eigenvalue weighted by molar-refractivity contribution is 5.51. The lowest BCUT2D eigenvalue weighted by atomic mass is 9.96. The zero-order valence-electron chi connectivity index (χ0n) is 10.2. The SMILES string of the molecule is c1cncc(-c2noc(CC3CCCNC3)n2)c1. The Morgan fingerprint density at radius 3 is 3.22 bits per heavy atom. The Balaban J connectivity index is 1.69. The molecule has 1 N–H and O–H groups in total. The van der Waals surface area contributed by atoms with Gasteiger partial charge in [-0.05, 0) is 44.0 Å². The summed E-state index contributed by atoms with van der Waals surface area (Å²) in [4.78, 5) is 8.48. The molecule has 0 radical (unpaired) electrons. The maximum Gasteiger partial charge on any atom is 0.227 e. The molecule has 18 heavy (non-hydrogen) atoms. The first-order valence-electron chi connectivity index (χ1n) is 6.35. The van der Waals surface area contributed by atoms with E-state index in [0.29, 0.717) is 11.7 Å². The number of aromatic nitrogens is 3. The van der Waals surface area contributed by atoms with Crippen molar-refractivity contribution in [2.24, 2.45) is 5.92 Å². The maximum absolute atomic E-state index is 5.31. The van der Waals surface area contributed by atoms with Crippen LogP contribution in [0, 0.1) is 5.92 Å². The van der Waals surface area contributed by atoms with Gasteiger partial charge >= 0.3 is 0 Å². The molecule has 5 nitrogen and oxygen atoms in total. The summed E-state index contributed by atoms with van der Waals surface area (Å²) in [5.74, 6) is 1.96. The number of nitrogens with zero attached hydrogens (tertiary/aromatic N) is 3. The highest BCUT2D eigenvalue weighted by Crippen LogP contribution is 2.18. The first-order chi connectivity index (χ1) is 8.92. The Morgan fingerprint density at radius 2 is 2.44 bits per heavy atom. The summed E-state index contributed by atoms with van der Waals surface area (Å²) >= 11 is 0. The molecule has 0 bridgehead atoms. The van der Waals surface area contributed by atoms with Crippen molar-refractivity contribution in [3.63, 3.8) is 0 Å². The van der Waals surface area contributed by atoms with Crippen LogP contribution in [0.25, 0.3) is 11.4 Å². The molecule has 1 saturated heterocycles. The third-order valence-corrected chi connectivity index (χ3v) is 3.25. The van der Waals surface area contributed by atoms with E-state index in [-0.39, 0.29) is 0 Å². The summed E-state index contributed by atoms with van der Waals surface area (Å²) < 4.78 is 5.31. The van der Waals surface area contributed by atoms with Crippen molar-refractivity contribution in [2.45, 2.75) is 19.3 Å². The van der Waals surface area contributed by atoms with Gasteiger partial charge in [0.2, 0.25) is 11.7 Å². The molecule has 94 valence electrons. The molecular formula is C13H16N4O. The Morgan fingerprint density at radius 1 is 1.44 bits per heavy atom. The number of hydrogen-bond donors (Lipinski definition) is 1. The van der Waals surface area contributed by atoms with Crippen molar-refractivity contribution >= 4 is 0 Å². The Hall–Kier alpha value is -1.75. The maximum atomic E-state index is 5.31. The molecule has 2 aromatic rings. The zero-order valence-corrected chi connectivity index (χ0v) is 10.2. The van der Waals surface area contributed by atoms with Gasteiger partial charge in [-0.15, -0.1) is 0 Å². The molecular weight excluding hydrogens is 228 g/mol. The van der Waals surface area contributed by atoms with E-state index in [2.05, 4.69) is 20.4 Å². The first-order valence-corrected chi connectivity index (χ1v) is 6.35. The Labute approximate surface area is 106 Å². The molecule has 5 heteroatoms. The van der Waals surface area contributed by atoms with Gasteiger partial charge in [0, 0.05) is 24.4 Å². The summed E-state index contributed by atoms with van der Waals surface area (Å²) in [6.45, 7) is 2.17. The normalized spacial score (nSPS) is 19.9. The largest absolute Gasteiger partial charge is 0.339 e. The van der Waals surface area contributed by atoms with Crippen LogP contribution in [0.4, 0.5) is 0 Å². The van der Waals surface area contributed by atoms with Gasteiger partial charge in [-0.25, -0.2) is 0 Å². The van der Waals surface area contributed by atoms with Crippen molar-refractivity contribution in [3.8, 4) is 11.4 Å². The monoisotopic (exact) mass is 244 g/mol. The number of rotatable bonds is 3. The molecule has 2 aromatic heterocycles. The van der Waals surface area contributed by atoms with Crippen LogP contribution in [0.1, 0.15) is 18.7 Å². The average molecular weight is 244 g/mol. The van der Waals surface area contributed by atoms with Gasteiger partial charge in [0.15, 0.2) is 0 Å². The highest BCUT2D eigenvalue weighted by Gasteiger charge is 2.17. The Kier molecular flexibility index (Phi) is 3.32. The topological polar surface area (TPSA) is 63.8 Å². The minimum Gasteiger partial charge on any atom is -0.339 e. The molecule has 1 atom stereocenters. The quantitative estimate of drug-likeness (QED) is 0.889. The molecule has 0 spiro atoms. The van der Waals surface area contributed by atoms with E-state index in [1.54, 1.807) is 12.4 Å². The van der Waals surface area contributed by atoms with Gasteiger partial charge in [-0.2, -0.15) is 4.98 Å². The van der Waals surface area contributed by atoms with E-state index >= 15 is 0 Å². The number of nitrogens with one attached hydrogen (secondary N) is 1. The van der Waals surface area contributed by atoms with Gasteiger partial charge in [0.1, 0.15) is 0 Å². The summed E-state index contributed by atoms with van der Waals surface area (Å²) in [6.07, 6.45) is 6.81. The molecule has 1 fully saturated rings. The molecule has 0 saturated carbocycles. The highest BCUT2D eigenvalue weighted by atomic mass is 16.5. The minimum absolute atomic E-state index is 0.612. The van der Waals surface area contributed by atoms with Crippen molar-refractivity contribution in [1.29, 1.82) is 0 Å². The van der Waals surface area contributed by atoms with Crippen LogP contribution in [0.15, 0.2) is 29.0 Å². The lowest BCUT2D eigenvalue weighted by molar-refractivity contribution is 0.316. The van der Waals surface area contributed by atoms with Crippen molar-refractivity contribution in [2.75, 3.05) is 13.1 Å². The lowest BCUT2D eigenvalue weighted by Gasteiger charge is -2.20. The van der Waals surface area contributed by atoms with E-state index in [0.717, 1.165) is 31.0 Å². The number of pyridine rings is 1. The molecule has 0 aromatic carbocycles. The second kappa shape index (κ2) is 5.27. The van der Waals surface area contributed by atoms with Crippen molar-refractivity contribution in [1.82, 2.24) is 20.4 Å². The first kappa shape index (κ1) is 11.3. The third-order valence-electron chi connectivity index (χ3n) is 3.25. The molecule has 1 unspecified atom stereocenters. The standard InChI is InChI=1S/C13H16N4O/c1-3-10(8-14-5-1)7-12-16-13(17-18-12)11-4-2-6-15-9-11/h2,4,6,9-10,14H,1,3,5,7-8H2. The van der Waals surface area contributed by atoms with Gasteiger partial charge in [0.25, 0.3) is 0 Å². The van der Waals surface area contributed by atoms with Crippen molar-refractivity contribution < 1.29 is 4.52 Å². The smallest absolute Gasteiger partial charge is 0.227 e. The third kappa shape index (κ3) is 2.56. The van der Waals surface area contributed by atoms with Gasteiger partial charge < -0.3 is 9.84 Å². The van der Waals surface area contributed by atoms with Crippen LogP contribution < -0.4 is 5.32 Å². The zero-order chi connectivity index (χ0) is 12.2. The fraction of sp³-hybridized carbons (Fsp3) is 0.462. The van der Waals surface area contributed by atoms with Gasteiger partial charge in [-0.1, -0.05) is 5.16 Å². The predicted octanol–water partition coefficient (Wildman–Crippen LogP) is 1.67. The molecule has 1 aliphatic heterocycles. The molecule has 1 aliphatic rings. The van der Waals surface area contributed by atoms with Crippen LogP contribution >= 0.6 is 0 Å². The predicted molar refractivity (Wildman–Crippen MR) is 66.8 cm³/mol. The lowest BCUT2D eigenvalue weighted by Crippen LogP contribution is -2.30. The fourth-order valence-electron chi connectivity index (χ4n) is 2.30. The molecule has 3 heterocycles. The molecule has 3 rings (SSSR count). The van der Waals surface area contributed by atoms with E-state index in [9.17, 15) is 0 Å². The van der Waals surface area contributed by atoms with E-state index in [1.165, 1.54) is 12.8 Å². The summed E-state index contributed by atoms with van der Waals surface area (Å²) in [6, 6.07) is 3.81. The van der Waals surface area contributed by atoms with Gasteiger partial charge in [-0.3, -0.25) is 4.98 Å². The van der Waals surface area contributed by atoms with Crippen LogP contribution in [0.3, 0.4) is 0 Å². The van der Waals surface area contributed by atoms with Crippen molar-refractivity contribution in [3.05, 3.63) is 30.4 Å². The van der Waals surface area contributed by atoms with Crippen LogP contribution in [-0.2, 0) is 6.42 Å². The summed E-state index contributed by atoms with van der Waals surface area (Å²) in [7, 11) is 0. The minimum atomic E-state index is 0.612. The van der Waals surface area contributed by atoms with E-state index in [1.807, 2.05) is 12.1 Å². The second-order valence-electron chi connectivity index (χ2n) is 4.67. The second-order valence-corrected chi connectivity index (χ2v) is 4.67. The van der Waals surface area contributed by atoms with Crippen LogP contribution in [0.2, 0.25) is 0 Å². The summed E-state index contributed by atoms with van der Waals surface area (Å²) in [5, 5.41) is 7.40.